The zero-order chi connectivity index (χ0) is 18.4. The summed E-state index contributed by atoms with van der Waals surface area (Å²) < 4.78 is 0.749. The van der Waals surface area contributed by atoms with Crippen molar-refractivity contribution < 1.29 is 19.5 Å². The monoisotopic (exact) mass is 408 g/mol. The summed E-state index contributed by atoms with van der Waals surface area (Å²) in [5.41, 5.74) is 0.233. The molecule has 1 fully saturated rings. The molecule has 1 aromatic rings. The van der Waals surface area contributed by atoms with E-state index in [0.29, 0.717) is 30.5 Å². The molecule has 0 spiro atoms. The summed E-state index contributed by atoms with van der Waals surface area (Å²) in [5, 5.41) is 9.97. The number of amides is 3. The van der Waals surface area contributed by atoms with Crippen molar-refractivity contribution in [3.8, 4) is 0 Å². The molecule has 1 unspecified atom stereocenters. The van der Waals surface area contributed by atoms with E-state index in [-0.39, 0.29) is 30.7 Å². The predicted molar refractivity (Wildman–Crippen MR) is 95.2 cm³/mol. The van der Waals surface area contributed by atoms with Gasteiger partial charge in [-0.3, -0.25) is 19.3 Å². The predicted octanol–water partition coefficient (Wildman–Crippen LogP) is 2.20. The van der Waals surface area contributed by atoms with Crippen molar-refractivity contribution in [2.75, 3.05) is 13.1 Å². The van der Waals surface area contributed by atoms with Crippen LogP contribution in [0.15, 0.2) is 22.7 Å². The zero-order valence-electron chi connectivity index (χ0n) is 14.3. The maximum absolute atomic E-state index is 12.4. The lowest BCUT2D eigenvalue weighted by Crippen LogP contribution is -2.48. The molecule has 0 saturated carbocycles. The lowest BCUT2D eigenvalue weighted by molar-refractivity contribution is -0.136. The van der Waals surface area contributed by atoms with E-state index >= 15 is 0 Å². The van der Waals surface area contributed by atoms with E-state index in [9.17, 15) is 19.5 Å². The Hall–Kier alpha value is -1.73. The molecule has 7 heteroatoms. The van der Waals surface area contributed by atoms with E-state index in [1.807, 2.05) is 13.8 Å². The van der Waals surface area contributed by atoms with Crippen molar-refractivity contribution in [1.29, 1.82) is 0 Å². The number of likely N-dealkylation sites (tertiary alicyclic amines) is 1. The number of carbonyl (C=O) groups is 3. The first kappa shape index (κ1) is 18.1. The van der Waals surface area contributed by atoms with Crippen molar-refractivity contribution in [2.45, 2.75) is 44.8 Å². The molecule has 1 saturated heterocycles. The van der Waals surface area contributed by atoms with Crippen LogP contribution in [0.5, 0.6) is 0 Å². The third kappa shape index (κ3) is 3.11. The van der Waals surface area contributed by atoms with Gasteiger partial charge in [0, 0.05) is 24.0 Å². The summed E-state index contributed by atoms with van der Waals surface area (Å²) in [5.74, 6) is -0.677. The molecule has 2 aliphatic rings. The Bertz CT molecular complexity index is 747. The average molecular weight is 409 g/mol. The minimum Gasteiger partial charge on any atom is -0.391 e. The molecule has 0 bridgehead atoms. The van der Waals surface area contributed by atoms with Crippen LogP contribution < -0.4 is 0 Å². The molecular formula is C18H21BrN2O4. The van der Waals surface area contributed by atoms with Crippen LogP contribution in [0.4, 0.5) is 0 Å². The highest BCUT2D eigenvalue weighted by atomic mass is 79.9. The van der Waals surface area contributed by atoms with Gasteiger partial charge >= 0.3 is 0 Å². The van der Waals surface area contributed by atoms with Gasteiger partial charge in [0.1, 0.15) is 0 Å². The number of nitrogens with zero attached hydrogens (tertiary/aromatic N) is 2. The largest absolute Gasteiger partial charge is 0.391 e. The minimum absolute atomic E-state index is 0.0547. The Balaban J connectivity index is 1.59. The summed E-state index contributed by atoms with van der Waals surface area (Å²) >= 11 is 3.30. The van der Waals surface area contributed by atoms with E-state index in [4.69, 9.17) is 0 Å². The highest BCUT2D eigenvalue weighted by Gasteiger charge is 2.42. The first-order valence-corrected chi connectivity index (χ1v) is 9.17. The van der Waals surface area contributed by atoms with Crippen molar-refractivity contribution in [3.63, 3.8) is 0 Å². The fraction of sp³-hybridized carbons (Fsp3) is 0.500. The van der Waals surface area contributed by atoms with Gasteiger partial charge in [-0.2, -0.15) is 0 Å². The van der Waals surface area contributed by atoms with Gasteiger partial charge in [0.2, 0.25) is 5.91 Å². The maximum Gasteiger partial charge on any atom is 0.261 e. The van der Waals surface area contributed by atoms with E-state index in [0.717, 1.165) is 4.47 Å². The van der Waals surface area contributed by atoms with Crippen LogP contribution in [-0.4, -0.2) is 57.4 Å². The molecule has 2 heterocycles. The van der Waals surface area contributed by atoms with Crippen molar-refractivity contribution in [1.82, 2.24) is 9.80 Å². The molecule has 25 heavy (non-hydrogen) atoms. The SMILES string of the molecule is CC1(C)C(O)CCN1C(=O)CCCN1C(=O)c2ccc(Br)cc2C1=O. The third-order valence-electron chi connectivity index (χ3n) is 5.14. The summed E-state index contributed by atoms with van der Waals surface area (Å²) in [6.07, 6.45) is 0.707. The second-order valence-electron chi connectivity index (χ2n) is 7.06. The summed E-state index contributed by atoms with van der Waals surface area (Å²) in [6, 6.07) is 5.02. The van der Waals surface area contributed by atoms with Crippen molar-refractivity contribution in [3.05, 3.63) is 33.8 Å². The molecule has 2 aliphatic heterocycles. The minimum atomic E-state index is -0.571. The number of hydrogen-bond donors (Lipinski definition) is 1. The lowest BCUT2D eigenvalue weighted by Gasteiger charge is -2.34. The Morgan fingerprint density at radius 1 is 1.28 bits per heavy atom. The average Bonchev–Trinajstić information content (AvgIpc) is 2.95. The van der Waals surface area contributed by atoms with E-state index in [1.54, 1.807) is 23.1 Å². The molecule has 6 nitrogen and oxygen atoms in total. The number of halogens is 1. The first-order valence-electron chi connectivity index (χ1n) is 8.37. The third-order valence-corrected chi connectivity index (χ3v) is 5.64. The molecule has 0 radical (unpaired) electrons. The van der Waals surface area contributed by atoms with E-state index < -0.39 is 11.6 Å². The Morgan fingerprint density at radius 3 is 2.60 bits per heavy atom. The zero-order valence-corrected chi connectivity index (χ0v) is 15.9. The molecule has 0 aromatic heterocycles. The highest BCUT2D eigenvalue weighted by molar-refractivity contribution is 9.10. The molecule has 3 amide bonds. The fourth-order valence-corrected chi connectivity index (χ4v) is 3.87. The van der Waals surface area contributed by atoms with Crippen LogP contribution in [-0.2, 0) is 4.79 Å². The molecule has 0 aliphatic carbocycles. The van der Waals surface area contributed by atoms with Crippen molar-refractivity contribution >= 4 is 33.7 Å². The van der Waals surface area contributed by atoms with Gasteiger partial charge in [-0.25, -0.2) is 0 Å². The van der Waals surface area contributed by atoms with Gasteiger partial charge in [-0.15, -0.1) is 0 Å². The van der Waals surface area contributed by atoms with Crippen LogP contribution >= 0.6 is 15.9 Å². The van der Waals surface area contributed by atoms with Crippen LogP contribution in [0.2, 0.25) is 0 Å². The smallest absolute Gasteiger partial charge is 0.261 e. The Labute approximate surface area is 154 Å². The second-order valence-corrected chi connectivity index (χ2v) is 7.97. The van der Waals surface area contributed by atoms with Gasteiger partial charge in [-0.1, -0.05) is 15.9 Å². The summed E-state index contributed by atoms with van der Waals surface area (Å²) in [6.45, 7) is 4.45. The standard InChI is InChI=1S/C18H21BrN2O4/c1-18(2)14(22)7-9-21(18)15(23)4-3-8-20-16(24)12-6-5-11(19)10-13(12)17(20)25/h5-6,10,14,22H,3-4,7-9H2,1-2H3. The Morgan fingerprint density at radius 2 is 1.96 bits per heavy atom. The highest BCUT2D eigenvalue weighted by Crippen LogP contribution is 2.30. The molecule has 134 valence electrons. The molecule has 1 atom stereocenters. The maximum atomic E-state index is 12.4. The molecule has 3 rings (SSSR count). The van der Waals surface area contributed by atoms with E-state index in [2.05, 4.69) is 15.9 Å². The van der Waals surface area contributed by atoms with Crippen LogP contribution in [0, 0.1) is 0 Å². The second kappa shape index (κ2) is 6.53. The van der Waals surface area contributed by atoms with Crippen LogP contribution in [0.3, 0.4) is 0 Å². The Kier molecular flexibility index (Phi) is 4.72. The number of hydrogen-bond acceptors (Lipinski definition) is 4. The number of benzene rings is 1. The number of fused-ring (bicyclic) bond motifs is 1. The van der Waals surface area contributed by atoms with Gasteiger partial charge in [0.05, 0.1) is 22.8 Å². The quantitative estimate of drug-likeness (QED) is 0.774. The number of aliphatic hydroxyl groups is 1. The summed E-state index contributed by atoms with van der Waals surface area (Å²) in [7, 11) is 0. The molecular weight excluding hydrogens is 388 g/mol. The summed E-state index contributed by atoms with van der Waals surface area (Å²) in [4.78, 5) is 40.1. The molecule has 1 N–H and O–H groups in total. The fourth-order valence-electron chi connectivity index (χ4n) is 3.51. The number of imide groups is 1. The first-order chi connectivity index (χ1) is 11.7. The number of aliphatic hydroxyl groups excluding tert-OH is 1. The lowest BCUT2D eigenvalue weighted by atomic mass is 9.98. The van der Waals surface area contributed by atoms with Gasteiger partial charge in [0.15, 0.2) is 0 Å². The van der Waals surface area contributed by atoms with E-state index in [1.165, 1.54) is 4.90 Å². The van der Waals surface area contributed by atoms with Gasteiger partial charge < -0.3 is 10.0 Å². The van der Waals surface area contributed by atoms with Gasteiger partial charge in [-0.05, 0) is 44.9 Å². The number of rotatable bonds is 4. The van der Waals surface area contributed by atoms with Gasteiger partial charge in [0.25, 0.3) is 11.8 Å². The molecule has 1 aromatic carbocycles. The topological polar surface area (TPSA) is 77.9 Å². The number of carbonyl (C=O) groups excluding carboxylic acids is 3. The van der Waals surface area contributed by atoms with Crippen molar-refractivity contribution in [2.24, 2.45) is 0 Å². The van der Waals surface area contributed by atoms with Crippen LogP contribution in [0.25, 0.3) is 0 Å². The van der Waals surface area contributed by atoms with Crippen LogP contribution in [0.1, 0.15) is 53.8 Å². The normalized spacial score (nSPS) is 21.8.